The van der Waals surface area contributed by atoms with E-state index in [-0.39, 0.29) is 11.6 Å². The second kappa shape index (κ2) is 6.05. The van der Waals surface area contributed by atoms with E-state index in [1.54, 1.807) is 17.4 Å². The Hall–Kier alpha value is -1.88. The molecule has 1 atom stereocenters. The molecule has 1 heterocycles. The molecule has 0 saturated heterocycles. The van der Waals surface area contributed by atoms with Crippen LogP contribution in [-0.4, -0.2) is 17.1 Å². The fraction of sp³-hybridized carbons (Fsp3) is 0.267. The first kappa shape index (κ1) is 14.5. The van der Waals surface area contributed by atoms with Crippen LogP contribution in [0.25, 0.3) is 0 Å². The first-order valence-electron chi connectivity index (χ1n) is 6.31. The highest BCUT2D eigenvalue weighted by Crippen LogP contribution is 2.22. The zero-order chi connectivity index (χ0) is 14.7. The zero-order valence-electron chi connectivity index (χ0n) is 11.3. The van der Waals surface area contributed by atoms with E-state index in [4.69, 9.17) is 5.11 Å². The molecule has 0 bridgehead atoms. The van der Waals surface area contributed by atoms with Crippen molar-refractivity contribution in [1.29, 1.82) is 0 Å². The lowest BCUT2D eigenvalue weighted by Crippen LogP contribution is -2.20. The molecule has 20 heavy (non-hydrogen) atoms. The van der Waals surface area contributed by atoms with Crippen molar-refractivity contribution < 1.29 is 14.3 Å². The number of rotatable bonds is 5. The van der Waals surface area contributed by atoms with E-state index in [0.29, 0.717) is 5.69 Å². The second-order valence-corrected chi connectivity index (χ2v) is 6.10. The monoisotopic (exact) mass is 293 g/mol. The van der Waals surface area contributed by atoms with Gasteiger partial charge in [-0.25, -0.2) is 9.18 Å². The minimum atomic E-state index is -1.26. The van der Waals surface area contributed by atoms with Gasteiger partial charge in [0, 0.05) is 22.2 Å². The quantitative estimate of drug-likeness (QED) is 0.878. The van der Waals surface area contributed by atoms with E-state index in [9.17, 15) is 9.18 Å². The predicted octanol–water partition coefficient (Wildman–Crippen LogP) is 3.94. The SMILES string of the molecule is Cc1ccc(CC(C)Nc2cccc(F)c2C(=O)O)s1. The number of hydrogen-bond acceptors (Lipinski definition) is 3. The molecule has 2 N–H and O–H groups in total. The van der Waals surface area contributed by atoms with Crippen molar-refractivity contribution in [3.8, 4) is 0 Å². The van der Waals surface area contributed by atoms with E-state index >= 15 is 0 Å². The van der Waals surface area contributed by atoms with Gasteiger partial charge in [-0.2, -0.15) is 0 Å². The number of aryl methyl sites for hydroxylation is 1. The Kier molecular flexibility index (Phi) is 4.39. The number of hydrogen-bond donors (Lipinski definition) is 2. The number of benzene rings is 1. The number of aromatic carboxylic acids is 1. The van der Waals surface area contributed by atoms with Crippen molar-refractivity contribution >= 4 is 23.0 Å². The normalized spacial score (nSPS) is 12.2. The van der Waals surface area contributed by atoms with Gasteiger partial charge in [-0.05, 0) is 38.1 Å². The number of anilines is 1. The number of carboxylic acid groups (broad SMARTS) is 1. The van der Waals surface area contributed by atoms with Crippen molar-refractivity contribution in [2.24, 2.45) is 0 Å². The number of carboxylic acids is 1. The largest absolute Gasteiger partial charge is 0.478 e. The van der Waals surface area contributed by atoms with Gasteiger partial charge in [0.2, 0.25) is 0 Å². The van der Waals surface area contributed by atoms with Gasteiger partial charge in [0.1, 0.15) is 11.4 Å². The van der Waals surface area contributed by atoms with E-state index < -0.39 is 11.8 Å². The van der Waals surface area contributed by atoms with Gasteiger partial charge in [0.05, 0.1) is 5.69 Å². The van der Waals surface area contributed by atoms with Crippen molar-refractivity contribution in [2.75, 3.05) is 5.32 Å². The third-order valence-corrected chi connectivity index (χ3v) is 3.96. The topological polar surface area (TPSA) is 49.3 Å². The van der Waals surface area contributed by atoms with Crippen molar-refractivity contribution in [1.82, 2.24) is 0 Å². The Balaban J connectivity index is 2.13. The molecule has 5 heteroatoms. The molecule has 0 amide bonds. The molecular weight excluding hydrogens is 277 g/mol. The summed E-state index contributed by atoms with van der Waals surface area (Å²) < 4.78 is 13.6. The van der Waals surface area contributed by atoms with E-state index in [1.165, 1.54) is 15.8 Å². The van der Waals surface area contributed by atoms with Crippen LogP contribution in [0.1, 0.15) is 27.0 Å². The smallest absolute Gasteiger partial charge is 0.340 e. The third kappa shape index (κ3) is 3.36. The zero-order valence-corrected chi connectivity index (χ0v) is 12.1. The van der Waals surface area contributed by atoms with Crippen molar-refractivity contribution in [2.45, 2.75) is 26.3 Å². The van der Waals surface area contributed by atoms with Crippen LogP contribution in [0.15, 0.2) is 30.3 Å². The number of carbonyl (C=O) groups is 1. The van der Waals surface area contributed by atoms with Gasteiger partial charge in [-0.3, -0.25) is 0 Å². The van der Waals surface area contributed by atoms with Crippen LogP contribution in [0.2, 0.25) is 0 Å². The summed E-state index contributed by atoms with van der Waals surface area (Å²) in [5, 5.41) is 12.2. The average molecular weight is 293 g/mol. The summed E-state index contributed by atoms with van der Waals surface area (Å²) in [6.45, 7) is 3.99. The lowest BCUT2D eigenvalue weighted by atomic mass is 10.1. The first-order chi connectivity index (χ1) is 9.47. The molecule has 0 spiro atoms. The van der Waals surface area contributed by atoms with Crippen LogP contribution in [0, 0.1) is 12.7 Å². The van der Waals surface area contributed by atoms with Gasteiger partial charge >= 0.3 is 5.97 Å². The Bertz CT molecular complexity index is 624. The second-order valence-electron chi connectivity index (χ2n) is 4.73. The molecule has 0 aliphatic heterocycles. The lowest BCUT2D eigenvalue weighted by Gasteiger charge is -2.16. The molecule has 1 aromatic heterocycles. The number of nitrogens with one attached hydrogen (secondary N) is 1. The molecule has 0 fully saturated rings. The summed E-state index contributed by atoms with van der Waals surface area (Å²) in [5.74, 6) is -1.98. The number of halogens is 1. The summed E-state index contributed by atoms with van der Waals surface area (Å²) in [6.07, 6.45) is 0.772. The first-order valence-corrected chi connectivity index (χ1v) is 7.12. The molecule has 106 valence electrons. The Labute approximate surface area is 121 Å². The summed E-state index contributed by atoms with van der Waals surface area (Å²) in [5.41, 5.74) is 0.0139. The van der Waals surface area contributed by atoms with Crippen molar-refractivity contribution in [3.63, 3.8) is 0 Å². The maximum atomic E-state index is 13.6. The molecule has 0 saturated carbocycles. The fourth-order valence-corrected chi connectivity index (χ4v) is 3.09. The Morgan fingerprint density at radius 1 is 1.40 bits per heavy atom. The minimum Gasteiger partial charge on any atom is -0.478 e. The molecular formula is C15H16FNO2S. The third-order valence-electron chi connectivity index (χ3n) is 2.93. The molecule has 0 radical (unpaired) electrons. The van der Waals surface area contributed by atoms with Crippen LogP contribution in [0.3, 0.4) is 0 Å². The standard InChI is InChI=1S/C15H16FNO2S/c1-9(8-11-7-6-10(2)20-11)17-13-5-3-4-12(16)14(13)15(18)19/h3-7,9,17H,8H2,1-2H3,(H,18,19). The molecule has 0 aliphatic rings. The maximum absolute atomic E-state index is 13.6. The predicted molar refractivity (Wildman–Crippen MR) is 79.2 cm³/mol. The molecule has 0 aliphatic carbocycles. The van der Waals surface area contributed by atoms with Crippen molar-refractivity contribution in [3.05, 3.63) is 51.5 Å². The highest BCUT2D eigenvalue weighted by atomic mass is 32.1. The summed E-state index contributed by atoms with van der Waals surface area (Å²) in [7, 11) is 0. The van der Waals surface area contributed by atoms with Gasteiger partial charge in [0.15, 0.2) is 0 Å². The van der Waals surface area contributed by atoms with Crippen LogP contribution in [-0.2, 0) is 6.42 Å². The van der Waals surface area contributed by atoms with E-state index in [2.05, 4.69) is 17.4 Å². The van der Waals surface area contributed by atoms with Crippen LogP contribution >= 0.6 is 11.3 Å². The fourth-order valence-electron chi connectivity index (χ4n) is 2.07. The molecule has 2 aromatic rings. The van der Waals surface area contributed by atoms with Gasteiger partial charge in [-0.1, -0.05) is 6.07 Å². The molecule has 1 aromatic carbocycles. The highest BCUT2D eigenvalue weighted by Gasteiger charge is 2.17. The molecule has 3 nitrogen and oxygen atoms in total. The van der Waals surface area contributed by atoms with E-state index in [1.807, 2.05) is 13.8 Å². The van der Waals surface area contributed by atoms with Gasteiger partial charge < -0.3 is 10.4 Å². The van der Waals surface area contributed by atoms with Gasteiger partial charge in [0.25, 0.3) is 0 Å². The summed E-state index contributed by atoms with van der Waals surface area (Å²) in [6, 6.07) is 8.38. The maximum Gasteiger partial charge on any atom is 0.340 e. The van der Waals surface area contributed by atoms with Crippen LogP contribution < -0.4 is 5.32 Å². The molecule has 2 rings (SSSR count). The van der Waals surface area contributed by atoms with Crippen LogP contribution in [0.5, 0.6) is 0 Å². The average Bonchev–Trinajstić information content (AvgIpc) is 2.74. The lowest BCUT2D eigenvalue weighted by molar-refractivity contribution is 0.0693. The Morgan fingerprint density at radius 3 is 2.75 bits per heavy atom. The molecule has 1 unspecified atom stereocenters. The van der Waals surface area contributed by atoms with Crippen LogP contribution in [0.4, 0.5) is 10.1 Å². The summed E-state index contributed by atoms with van der Waals surface area (Å²) in [4.78, 5) is 13.6. The minimum absolute atomic E-state index is 0.0212. The highest BCUT2D eigenvalue weighted by molar-refractivity contribution is 7.11. The van der Waals surface area contributed by atoms with E-state index in [0.717, 1.165) is 12.5 Å². The Morgan fingerprint density at radius 2 is 2.15 bits per heavy atom. The van der Waals surface area contributed by atoms with Gasteiger partial charge in [-0.15, -0.1) is 11.3 Å². The summed E-state index contributed by atoms with van der Waals surface area (Å²) >= 11 is 1.71. The number of thiophene rings is 1.